The molecule has 4 heteroatoms. The van der Waals surface area contributed by atoms with E-state index in [-0.39, 0.29) is 17.8 Å². The molecule has 80 valence electrons. The zero-order valence-corrected chi connectivity index (χ0v) is 8.53. The molecule has 0 aliphatic carbocycles. The van der Waals surface area contributed by atoms with Crippen molar-refractivity contribution in [1.82, 2.24) is 0 Å². The number of nitrogens with zero attached hydrogens (tertiary/aromatic N) is 1. The third-order valence-corrected chi connectivity index (χ3v) is 2.62. The Morgan fingerprint density at radius 3 is 2.87 bits per heavy atom. The van der Waals surface area contributed by atoms with E-state index in [1.807, 2.05) is 0 Å². The molecule has 0 spiro atoms. The third kappa shape index (κ3) is 1.72. The minimum absolute atomic E-state index is 0.105. The number of benzene rings is 1. The number of hydrogen-bond donors (Lipinski definition) is 1. The second-order valence-electron chi connectivity index (χ2n) is 3.88. The van der Waals surface area contributed by atoms with Gasteiger partial charge in [-0.05, 0) is 18.6 Å². The van der Waals surface area contributed by atoms with E-state index in [0.29, 0.717) is 24.2 Å². The highest BCUT2D eigenvalue weighted by Gasteiger charge is 2.29. The zero-order valence-electron chi connectivity index (χ0n) is 8.53. The summed E-state index contributed by atoms with van der Waals surface area (Å²) in [5.74, 6) is -0.438. The normalized spacial score (nSPS) is 21.1. The highest BCUT2D eigenvalue weighted by molar-refractivity contribution is 5.96. The number of halogens is 1. The van der Waals surface area contributed by atoms with Crippen molar-refractivity contribution in [2.75, 3.05) is 11.4 Å². The van der Waals surface area contributed by atoms with Gasteiger partial charge in [0.2, 0.25) is 5.91 Å². The van der Waals surface area contributed by atoms with Crippen LogP contribution in [-0.4, -0.2) is 18.5 Å². The largest absolute Gasteiger partial charge is 0.326 e. The lowest BCUT2D eigenvalue weighted by atomic mass is 10.2. The molecule has 0 aromatic heterocycles. The minimum Gasteiger partial charge on any atom is -0.326 e. The van der Waals surface area contributed by atoms with Gasteiger partial charge in [0.1, 0.15) is 5.82 Å². The predicted molar refractivity (Wildman–Crippen MR) is 56.1 cm³/mol. The Kier molecular flexibility index (Phi) is 2.44. The summed E-state index contributed by atoms with van der Waals surface area (Å²) in [6, 6.07) is 4.85. The van der Waals surface area contributed by atoms with Crippen molar-refractivity contribution >= 4 is 11.6 Å². The Labute approximate surface area is 87.7 Å². The molecule has 15 heavy (non-hydrogen) atoms. The zero-order chi connectivity index (χ0) is 11.0. The van der Waals surface area contributed by atoms with Crippen LogP contribution in [0.4, 0.5) is 10.1 Å². The van der Waals surface area contributed by atoms with Crippen LogP contribution in [0.3, 0.4) is 0 Å². The maximum atomic E-state index is 13.7. The number of aryl methyl sites for hydroxylation is 1. The molecule has 1 aromatic rings. The van der Waals surface area contributed by atoms with Gasteiger partial charge in [-0.15, -0.1) is 0 Å². The van der Waals surface area contributed by atoms with Crippen LogP contribution in [-0.2, 0) is 4.79 Å². The lowest BCUT2D eigenvalue weighted by molar-refractivity contribution is -0.117. The standard InChI is InChI=1S/C11H13FN2O/c1-7-3-2-4-9(11(7)12)14-6-8(13)5-10(14)15/h2-4,8H,5-6,13H2,1H3. The molecule has 0 bridgehead atoms. The van der Waals surface area contributed by atoms with Crippen molar-refractivity contribution in [3.8, 4) is 0 Å². The quantitative estimate of drug-likeness (QED) is 0.753. The molecule has 2 rings (SSSR count). The van der Waals surface area contributed by atoms with Crippen molar-refractivity contribution in [2.45, 2.75) is 19.4 Å². The van der Waals surface area contributed by atoms with Gasteiger partial charge in [0.15, 0.2) is 0 Å². The molecule has 0 radical (unpaired) electrons. The number of anilines is 1. The summed E-state index contributed by atoms with van der Waals surface area (Å²) in [4.78, 5) is 13.0. The van der Waals surface area contributed by atoms with Gasteiger partial charge in [0.25, 0.3) is 0 Å². The molecule has 2 N–H and O–H groups in total. The van der Waals surface area contributed by atoms with Crippen LogP contribution in [0.25, 0.3) is 0 Å². The summed E-state index contributed by atoms with van der Waals surface area (Å²) >= 11 is 0. The topological polar surface area (TPSA) is 46.3 Å². The van der Waals surface area contributed by atoms with Crippen LogP contribution < -0.4 is 10.6 Å². The van der Waals surface area contributed by atoms with Crippen molar-refractivity contribution in [2.24, 2.45) is 5.73 Å². The first-order chi connectivity index (χ1) is 7.09. The van der Waals surface area contributed by atoms with E-state index in [9.17, 15) is 9.18 Å². The molecular weight excluding hydrogens is 195 g/mol. The number of rotatable bonds is 1. The molecule has 1 saturated heterocycles. The summed E-state index contributed by atoms with van der Waals surface area (Å²) in [6.45, 7) is 2.08. The van der Waals surface area contributed by atoms with E-state index >= 15 is 0 Å². The summed E-state index contributed by atoms with van der Waals surface area (Å²) in [5, 5.41) is 0. The van der Waals surface area contributed by atoms with Gasteiger partial charge in [-0.1, -0.05) is 12.1 Å². The Bertz CT molecular complexity index is 406. The fourth-order valence-corrected chi connectivity index (χ4v) is 1.81. The number of hydrogen-bond acceptors (Lipinski definition) is 2. The molecule has 1 heterocycles. The SMILES string of the molecule is Cc1cccc(N2CC(N)CC2=O)c1F. The molecule has 1 aromatic carbocycles. The van der Waals surface area contributed by atoms with Gasteiger partial charge in [0, 0.05) is 19.0 Å². The first kappa shape index (κ1) is 10.1. The summed E-state index contributed by atoms with van der Waals surface area (Å²) in [5.41, 5.74) is 6.54. The monoisotopic (exact) mass is 208 g/mol. The van der Waals surface area contributed by atoms with Crippen molar-refractivity contribution in [3.05, 3.63) is 29.6 Å². The van der Waals surface area contributed by atoms with Gasteiger partial charge >= 0.3 is 0 Å². The Morgan fingerprint density at radius 1 is 1.53 bits per heavy atom. The number of carbonyl (C=O) groups is 1. The molecule has 0 saturated carbocycles. The fraction of sp³-hybridized carbons (Fsp3) is 0.364. The highest BCUT2D eigenvalue weighted by atomic mass is 19.1. The molecular formula is C11H13FN2O. The maximum Gasteiger partial charge on any atom is 0.228 e. The lowest BCUT2D eigenvalue weighted by Gasteiger charge is -2.17. The average molecular weight is 208 g/mol. The van der Waals surface area contributed by atoms with Crippen molar-refractivity contribution in [3.63, 3.8) is 0 Å². The lowest BCUT2D eigenvalue weighted by Crippen LogP contribution is -2.28. The average Bonchev–Trinajstić information content (AvgIpc) is 2.50. The van der Waals surface area contributed by atoms with Crippen LogP contribution >= 0.6 is 0 Å². The molecule has 1 atom stereocenters. The van der Waals surface area contributed by atoms with Gasteiger partial charge in [-0.2, -0.15) is 0 Å². The number of amides is 1. The molecule has 1 unspecified atom stereocenters. The van der Waals surface area contributed by atoms with E-state index < -0.39 is 0 Å². The molecule has 1 aliphatic rings. The molecule has 3 nitrogen and oxygen atoms in total. The van der Waals surface area contributed by atoms with E-state index in [4.69, 9.17) is 5.73 Å². The molecule has 1 fully saturated rings. The van der Waals surface area contributed by atoms with Crippen molar-refractivity contribution < 1.29 is 9.18 Å². The summed E-state index contributed by atoms with van der Waals surface area (Å²) in [6.07, 6.45) is 0.299. The predicted octanol–water partition coefficient (Wildman–Crippen LogP) is 1.20. The summed E-state index contributed by atoms with van der Waals surface area (Å²) in [7, 11) is 0. The summed E-state index contributed by atoms with van der Waals surface area (Å²) < 4.78 is 13.7. The third-order valence-electron chi connectivity index (χ3n) is 2.62. The fourth-order valence-electron chi connectivity index (χ4n) is 1.81. The number of nitrogens with two attached hydrogens (primary N) is 1. The minimum atomic E-state index is -0.333. The second-order valence-corrected chi connectivity index (χ2v) is 3.88. The van der Waals surface area contributed by atoms with E-state index in [2.05, 4.69) is 0 Å². The van der Waals surface area contributed by atoms with Crippen LogP contribution in [0.15, 0.2) is 18.2 Å². The van der Waals surface area contributed by atoms with Crippen molar-refractivity contribution in [1.29, 1.82) is 0 Å². The Balaban J connectivity index is 2.38. The smallest absolute Gasteiger partial charge is 0.228 e. The maximum absolute atomic E-state index is 13.7. The van der Waals surface area contributed by atoms with Crippen LogP contribution in [0, 0.1) is 12.7 Å². The van der Waals surface area contributed by atoms with E-state index in [1.54, 1.807) is 25.1 Å². The van der Waals surface area contributed by atoms with Crippen LogP contribution in [0.2, 0.25) is 0 Å². The van der Waals surface area contributed by atoms with E-state index in [1.165, 1.54) is 4.90 Å². The molecule has 1 aliphatic heterocycles. The first-order valence-electron chi connectivity index (χ1n) is 4.90. The van der Waals surface area contributed by atoms with E-state index in [0.717, 1.165) is 0 Å². The van der Waals surface area contributed by atoms with Gasteiger partial charge in [0.05, 0.1) is 5.69 Å². The van der Waals surface area contributed by atoms with Crippen LogP contribution in [0.1, 0.15) is 12.0 Å². The Morgan fingerprint density at radius 2 is 2.27 bits per heavy atom. The first-order valence-corrected chi connectivity index (χ1v) is 4.90. The molecule has 1 amide bonds. The number of carbonyl (C=O) groups excluding carboxylic acids is 1. The van der Waals surface area contributed by atoms with Gasteiger partial charge in [-0.25, -0.2) is 4.39 Å². The van der Waals surface area contributed by atoms with Gasteiger partial charge < -0.3 is 10.6 Å². The van der Waals surface area contributed by atoms with Gasteiger partial charge in [-0.3, -0.25) is 4.79 Å². The second kappa shape index (κ2) is 3.62. The highest BCUT2D eigenvalue weighted by Crippen LogP contribution is 2.25. The Hall–Kier alpha value is -1.42. The van der Waals surface area contributed by atoms with Crippen LogP contribution in [0.5, 0.6) is 0 Å².